The Labute approximate surface area is 99.6 Å². The normalized spacial score (nSPS) is 11.5. The molecule has 2 rings (SSSR count). The molecule has 1 aromatic carbocycles. The lowest BCUT2D eigenvalue weighted by molar-refractivity contribution is 0.419. The van der Waals surface area contributed by atoms with Gasteiger partial charge in [0.2, 0.25) is 12.2 Å². The van der Waals surface area contributed by atoms with Crippen LogP contribution in [0.2, 0.25) is 0 Å². The molecule has 17 heavy (non-hydrogen) atoms. The zero-order valence-electron chi connectivity index (χ0n) is 9.97. The van der Waals surface area contributed by atoms with E-state index in [-0.39, 0.29) is 0 Å². The summed E-state index contributed by atoms with van der Waals surface area (Å²) in [5.74, 6) is 0.490. The van der Waals surface area contributed by atoms with Gasteiger partial charge in [0, 0.05) is 23.6 Å². The predicted octanol–water partition coefficient (Wildman–Crippen LogP) is 2.03. The number of aromatic nitrogens is 2. The lowest BCUT2D eigenvalue weighted by atomic mass is 10.1. The molecule has 0 aliphatic rings. The van der Waals surface area contributed by atoms with E-state index in [1.807, 2.05) is 25.2 Å². The minimum absolute atomic E-state index is 0.490. The SMILES string of the molecule is CNc1ccc(P(C)(C)=O)cc1-c1ncon1. The third-order valence-electron chi connectivity index (χ3n) is 2.50. The molecule has 0 fully saturated rings. The monoisotopic (exact) mass is 251 g/mol. The van der Waals surface area contributed by atoms with Crippen molar-refractivity contribution in [3.8, 4) is 11.4 Å². The minimum atomic E-state index is -2.29. The fourth-order valence-corrected chi connectivity index (χ4v) is 2.43. The molecule has 1 heterocycles. The zero-order valence-corrected chi connectivity index (χ0v) is 10.9. The maximum atomic E-state index is 12.1. The predicted molar refractivity (Wildman–Crippen MR) is 68.4 cm³/mol. The van der Waals surface area contributed by atoms with Crippen LogP contribution in [0.4, 0.5) is 5.69 Å². The number of benzene rings is 1. The Morgan fingerprint density at radius 2 is 2.12 bits per heavy atom. The van der Waals surface area contributed by atoms with Crippen molar-refractivity contribution in [2.75, 3.05) is 25.7 Å². The Balaban J connectivity index is 2.59. The summed E-state index contributed by atoms with van der Waals surface area (Å²) in [5, 5.41) is 7.66. The first-order valence-corrected chi connectivity index (χ1v) is 7.76. The van der Waals surface area contributed by atoms with Crippen molar-refractivity contribution in [2.45, 2.75) is 0 Å². The average Bonchev–Trinajstić information content (AvgIpc) is 2.80. The Morgan fingerprint density at radius 3 is 2.65 bits per heavy atom. The first kappa shape index (κ1) is 11.9. The lowest BCUT2D eigenvalue weighted by Crippen LogP contribution is -2.05. The number of rotatable bonds is 3. The van der Waals surface area contributed by atoms with Crippen LogP contribution in [-0.4, -0.2) is 30.5 Å². The standard InChI is InChI=1S/C11H14N3O2P/c1-12-10-5-4-8(17(2,3)15)6-9(10)11-13-7-16-14-11/h4-7,12H,1-3H3. The van der Waals surface area contributed by atoms with E-state index in [2.05, 4.69) is 15.5 Å². The fraction of sp³-hybridized carbons (Fsp3) is 0.273. The summed E-state index contributed by atoms with van der Waals surface area (Å²) in [7, 11) is -0.476. The van der Waals surface area contributed by atoms with Gasteiger partial charge in [-0.15, -0.1) is 0 Å². The van der Waals surface area contributed by atoms with Gasteiger partial charge in [-0.05, 0) is 31.5 Å². The summed E-state index contributed by atoms with van der Waals surface area (Å²) in [6.45, 7) is 3.47. The summed E-state index contributed by atoms with van der Waals surface area (Å²) >= 11 is 0. The number of hydrogen-bond donors (Lipinski definition) is 1. The van der Waals surface area contributed by atoms with E-state index in [4.69, 9.17) is 4.52 Å². The molecule has 0 unspecified atom stereocenters. The minimum Gasteiger partial charge on any atom is -0.388 e. The lowest BCUT2D eigenvalue weighted by Gasteiger charge is -2.11. The molecule has 6 heteroatoms. The second kappa shape index (κ2) is 4.34. The zero-order chi connectivity index (χ0) is 12.5. The summed E-state index contributed by atoms with van der Waals surface area (Å²) in [4.78, 5) is 4.01. The summed E-state index contributed by atoms with van der Waals surface area (Å²) in [5.41, 5.74) is 1.67. The topological polar surface area (TPSA) is 68.0 Å². The van der Waals surface area contributed by atoms with E-state index in [0.717, 1.165) is 16.6 Å². The molecule has 0 radical (unpaired) electrons. The van der Waals surface area contributed by atoms with Crippen LogP contribution >= 0.6 is 7.14 Å². The molecule has 0 spiro atoms. The first-order chi connectivity index (χ1) is 8.02. The Bertz CT molecular complexity index is 560. The molecular formula is C11H14N3O2P. The quantitative estimate of drug-likeness (QED) is 0.845. The number of nitrogens with one attached hydrogen (secondary N) is 1. The number of hydrogen-bond acceptors (Lipinski definition) is 5. The number of nitrogens with zero attached hydrogens (tertiary/aromatic N) is 2. The largest absolute Gasteiger partial charge is 0.388 e. The molecule has 5 nitrogen and oxygen atoms in total. The van der Waals surface area contributed by atoms with Gasteiger partial charge in [0.25, 0.3) is 0 Å². The van der Waals surface area contributed by atoms with Crippen LogP contribution in [-0.2, 0) is 4.57 Å². The van der Waals surface area contributed by atoms with Crippen molar-refractivity contribution in [3.05, 3.63) is 24.6 Å². The van der Waals surface area contributed by atoms with Crippen molar-refractivity contribution in [2.24, 2.45) is 0 Å². The average molecular weight is 251 g/mol. The highest BCUT2D eigenvalue weighted by atomic mass is 31.2. The van der Waals surface area contributed by atoms with Crippen molar-refractivity contribution in [3.63, 3.8) is 0 Å². The molecule has 0 aliphatic heterocycles. The van der Waals surface area contributed by atoms with Gasteiger partial charge < -0.3 is 14.4 Å². The molecule has 2 aromatic rings. The molecule has 90 valence electrons. The third-order valence-corrected chi connectivity index (χ3v) is 4.02. The second-order valence-electron chi connectivity index (χ2n) is 4.09. The summed E-state index contributed by atoms with van der Waals surface area (Å²) in [6.07, 6.45) is 1.28. The Kier molecular flexibility index (Phi) is 3.03. The maximum absolute atomic E-state index is 12.1. The van der Waals surface area contributed by atoms with Crippen molar-refractivity contribution in [1.82, 2.24) is 10.1 Å². The van der Waals surface area contributed by atoms with Gasteiger partial charge in [-0.3, -0.25) is 0 Å². The molecule has 0 bridgehead atoms. The van der Waals surface area contributed by atoms with Crippen molar-refractivity contribution < 1.29 is 9.09 Å². The molecule has 0 aliphatic carbocycles. The van der Waals surface area contributed by atoms with E-state index in [9.17, 15) is 4.57 Å². The first-order valence-electron chi connectivity index (χ1n) is 5.16. The molecule has 1 aromatic heterocycles. The van der Waals surface area contributed by atoms with Crippen LogP contribution in [0, 0.1) is 0 Å². The highest BCUT2D eigenvalue weighted by Gasteiger charge is 2.16. The van der Waals surface area contributed by atoms with Gasteiger partial charge in [-0.2, -0.15) is 4.98 Å². The highest BCUT2D eigenvalue weighted by Crippen LogP contribution is 2.37. The molecule has 1 N–H and O–H groups in total. The fourth-order valence-electron chi connectivity index (χ4n) is 1.56. The second-order valence-corrected chi connectivity index (χ2v) is 7.30. The van der Waals surface area contributed by atoms with Crippen LogP contribution in [0.15, 0.2) is 29.1 Å². The van der Waals surface area contributed by atoms with E-state index in [0.29, 0.717) is 5.82 Å². The van der Waals surface area contributed by atoms with Crippen LogP contribution < -0.4 is 10.6 Å². The summed E-state index contributed by atoms with van der Waals surface area (Å²) < 4.78 is 16.8. The van der Waals surface area contributed by atoms with E-state index < -0.39 is 7.14 Å². The highest BCUT2D eigenvalue weighted by molar-refractivity contribution is 7.70. The number of anilines is 1. The van der Waals surface area contributed by atoms with Gasteiger partial charge in [0.05, 0.1) is 0 Å². The summed E-state index contributed by atoms with van der Waals surface area (Å²) in [6, 6.07) is 5.58. The Hall–Kier alpha value is -1.61. The third kappa shape index (κ3) is 2.39. The van der Waals surface area contributed by atoms with Gasteiger partial charge in [-0.1, -0.05) is 5.16 Å². The van der Waals surface area contributed by atoms with Crippen LogP contribution in [0.3, 0.4) is 0 Å². The molecule has 0 amide bonds. The Morgan fingerprint density at radius 1 is 1.35 bits per heavy atom. The molecule has 0 saturated carbocycles. The molecule has 0 saturated heterocycles. The van der Waals surface area contributed by atoms with Crippen LogP contribution in [0.5, 0.6) is 0 Å². The molecular weight excluding hydrogens is 237 g/mol. The van der Waals surface area contributed by atoms with E-state index in [1.54, 1.807) is 13.3 Å². The van der Waals surface area contributed by atoms with Gasteiger partial charge in [-0.25, -0.2) is 0 Å². The smallest absolute Gasteiger partial charge is 0.214 e. The maximum Gasteiger partial charge on any atom is 0.214 e. The van der Waals surface area contributed by atoms with E-state index >= 15 is 0 Å². The van der Waals surface area contributed by atoms with Crippen LogP contribution in [0.1, 0.15) is 0 Å². The van der Waals surface area contributed by atoms with Gasteiger partial charge in [0.1, 0.15) is 7.14 Å². The van der Waals surface area contributed by atoms with E-state index in [1.165, 1.54) is 6.39 Å². The van der Waals surface area contributed by atoms with Crippen molar-refractivity contribution >= 4 is 18.1 Å². The van der Waals surface area contributed by atoms with Gasteiger partial charge >= 0.3 is 0 Å². The van der Waals surface area contributed by atoms with Crippen molar-refractivity contribution in [1.29, 1.82) is 0 Å². The van der Waals surface area contributed by atoms with Gasteiger partial charge in [0.15, 0.2) is 0 Å². The molecule has 0 atom stereocenters. The van der Waals surface area contributed by atoms with Crippen LogP contribution in [0.25, 0.3) is 11.4 Å².